The first-order valence-electron chi connectivity index (χ1n) is 6.23. The topological polar surface area (TPSA) is 34.1 Å². The van der Waals surface area contributed by atoms with Crippen molar-refractivity contribution in [2.45, 2.75) is 39.0 Å². The molecule has 1 fully saturated rings. The molecular formula is C15H18O2. The molecule has 0 heterocycles. The second-order valence-corrected chi connectivity index (χ2v) is 4.99. The first kappa shape index (κ1) is 12.0. The summed E-state index contributed by atoms with van der Waals surface area (Å²) in [5, 5.41) is 0. The zero-order valence-corrected chi connectivity index (χ0v) is 10.4. The van der Waals surface area contributed by atoms with Crippen LogP contribution < -0.4 is 0 Å². The third kappa shape index (κ3) is 2.46. The van der Waals surface area contributed by atoms with E-state index in [1.807, 2.05) is 24.3 Å². The molecule has 2 rings (SSSR count). The molecule has 1 aliphatic carbocycles. The Hall–Kier alpha value is -1.44. The van der Waals surface area contributed by atoms with E-state index in [1.165, 1.54) is 0 Å². The van der Waals surface area contributed by atoms with E-state index in [9.17, 15) is 9.59 Å². The molecule has 2 nitrogen and oxygen atoms in total. The van der Waals surface area contributed by atoms with Gasteiger partial charge in [0.15, 0.2) is 5.78 Å². The molecule has 0 amide bonds. The largest absolute Gasteiger partial charge is 0.299 e. The molecule has 1 aromatic carbocycles. The zero-order chi connectivity index (χ0) is 12.4. The van der Waals surface area contributed by atoms with Crippen molar-refractivity contribution in [1.82, 2.24) is 0 Å². The highest BCUT2D eigenvalue weighted by Crippen LogP contribution is 2.34. The van der Waals surface area contributed by atoms with Crippen molar-refractivity contribution in [2.24, 2.45) is 5.92 Å². The molecule has 0 aliphatic heterocycles. The summed E-state index contributed by atoms with van der Waals surface area (Å²) in [6.45, 7) is 3.70. The van der Waals surface area contributed by atoms with Crippen LogP contribution in [0.3, 0.4) is 0 Å². The van der Waals surface area contributed by atoms with Gasteiger partial charge in [-0.05, 0) is 31.2 Å². The number of carbonyl (C=O) groups is 2. The highest BCUT2D eigenvalue weighted by molar-refractivity contribution is 5.94. The fourth-order valence-electron chi connectivity index (χ4n) is 2.68. The van der Waals surface area contributed by atoms with Crippen LogP contribution >= 0.6 is 0 Å². The Labute approximate surface area is 102 Å². The lowest BCUT2D eigenvalue weighted by atomic mass is 9.75. The van der Waals surface area contributed by atoms with Crippen LogP contribution in [0.25, 0.3) is 0 Å². The number of carbonyl (C=O) groups excluding carboxylic acids is 2. The van der Waals surface area contributed by atoms with Crippen molar-refractivity contribution in [3.05, 3.63) is 35.4 Å². The molecule has 2 unspecified atom stereocenters. The van der Waals surface area contributed by atoms with Crippen molar-refractivity contribution in [2.75, 3.05) is 0 Å². The lowest BCUT2D eigenvalue weighted by molar-refractivity contribution is -0.123. The number of rotatable bonds is 2. The molecule has 2 atom stereocenters. The lowest BCUT2D eigenvalue weighted by Crippen LogP contribution is -2.24. The molecule has 1 saturated carbocycles. The van der Waals surface area contributed by atoms with Crippen LogP contribution in [-0.4, -0.2) is 11.6 Å². The molecule has 0 saturated heterocycles. The number of hydrogen-bond acceptors (Lipinski definition) is 2. The van der Waals surface area contributed by atoms with E-state index in [-0.39, 0.29) is 11.7 Å². The van der Waals surface area contributed by atoms with Gasteiger partial charge >= 0.3 is 0 Å². The van der Waals surface area contributed by atoms with Crippen molar-refractivity contribution in [3.63, 3.8) is 0 Å². The Bertz CT molecular complexity index is 431. The van der Waals surface area contributed by atoms with Crippen molar-refractivity contribution < 1.29 is 9.59 Å². The fraction of sp³-hybridized carbons (Fsp3) is 0.467. The first-order chi connectivity index (χ1) is 8.09. The summed E-state index contributed by atoms with van der Waals surface area (Å²) in [6, 6.07) is 7.51. The Kier molecular flexibility index (Phi) is 3.41. The predicted octanol–water partition coefficient (Wildman–Crippen LogP) is 3.36. The number of ketones is 2. The van der Waals surface area contributed by atoms with Gasteiger partial charge in [0.05, 0.1) is 0 Å². The van der Waals surface area contributed by atoms with E-state index < -0.39 is 0 Å². The van der Waals surface area contributed by atoms with Crippen LogP contribution in [0.15, 0.2) is 24.3 Å². The Balaban J connectivity index is 2.26. The molecule has 17 heavy (non-hydrogen) atoms. The zero-order valence-electron chi connectivity index (χ0n) is 10.4. The number of hydrogen-bond donors (Lipinski definition) is 0. The van der Waals surface area contributed by atoms with Crippen molar-refractivity contribution in [3.8, 4) is 0 Å². The smallest absolute Gasteiger partial charge is 0.159 e. The Morgan fingerprint density at radius 1 is 1.24 bits per heavy atom. The van der Waals surface area contributed by atoms with E-state index in [0.717, 1.165) is 18.4 Å². The average molecular weight is 230 g/mol. The molecule has 1 aromatic rings. The third-order valence-corrected chi connectivity index (χ3v) is 3.67. The monoisotopic (exact) mass is 230 g/mol. The van der Waals surface area contributed by atoms with Crippen LogP contribution in [0.4, 0.5) is 0 Å². The molecule has 0 radical (unpaired) electrons. The van der Waals surface area contributed by atoms with Gasteiger partial charge in [0, 0.05) is 17.9 Å². The third-order valence-electron chi connectivity index (χ3n) is 3.67. The summed E-state index contributed by atoms with van der Waals surface area (Å²) in [6.07, 6.45) is 2.83. The van der Waals surface area contributed by atoms with E-state index in [2.05, 4.69) is 6.92 Å². The van der Waals surface area contributed by atoms with E-state index >= 15 is 0 Å². The van der Waals surface area contributed by atoms with E-state index in [4.69, 9.17) is 0 Å². The molecular weight excluding hydrogens is 212 g/mol. The maximum atomic E-state index is 12.0. The summed E-state index contributed by atoms with van der Waals surface area (Å²) in [7, 11) is 0. The molecule has 0 spiro atoms. The molecule has 0 bridgehead atoms. The second-order valence-electron chi connectivity index (χ2n) is 4.99. The van der Waals surface area contributed by atoms with Crippen LogP contribution in [0.1, 0.15) is 54.9 Å². The minimum Gasteiger partial charge on any atom is -0.299 e. The number of Topliss-reactive ketones (excluding diaryl/α,β-unsaturated/α-hetero) is 2. The quantitative estimate of drug-likeness (QED) is 0.730. The normalized spacial score (nSPS) is 24.7. The second kappa shape index (κ2) is 4.82. The summed E-state index contributed by atoms with van der Waals surface area (Å²) < 4.78 is 0. The predicted molar refractivity (Wildman–Crippen MR) is 67.2 cm³/mol. The van der Waals surface area contributed by atoms with Crippen molar-refractivity contribution >= 4 is 11.6 Å². The minimum absolute atomic E-state index is 0.0322. The van der Waals surface area contributed by atoms with E-state index in [1.54, 1.807) is 6.92 Å². The Morgan fingerprint density at radius 3 is 2.41 bits per heavy atom. The van der Waals surface area contributed by atoms with Gasteiger partial charge in [-0.3, -0.25) is 9.59 Å². The summed E-state index contributed by atoms with van der Waals surface area (Å²) in [5.74, 6) is 0.864. The maximum absolute atomic E-state index is 12.0. The number of benzene rings is 1. The fourth-order valence-corrected chi connectivity index (χ4v) is 2.68. The van der Waals surface area contributed by atoms with Gasteiger partial charge in [-0.1, -0.05) is 31.2 Å². The van der Waals surface area contributed by atoms with Gasteiger partial charge in [0.2, 0.25) is 0 Å². The molecule has 2 heteroatoms. The SMILES string of the molecule is CC(=O)c1ccc(C2C(=O)CCCC2C)cc1. The highest BCUT2D eigenvalue weighted by Gasteiger charge is 2.29. The summed E-state index contributed by atoms with van der Waals surface area (Å²) >= 11 is 0. The van der Waals surface area contributed by atoms with Gasteiger partial charge < -0.3 is 0 Å². The summed E-state index contributed by atoms with van der Waals surface area (Å²) in [5.41, 5.74) is 1.77. The minimum atomic E-state index is 0.0322. The van der Waals surface area contributed by atoms with Crippen LogP contribution in [0.2, 0.25) is 0 Å². The molecule has 1 aliphatic rings. The lowest BCUT2D eigenvalue weighted by Gasteiger charge is -2.27. The Morgan fingerprint density at radius 2 is 1.88 bits per heavy atom. The van der Waals surface area contributed by atoms with Gasteiger partial charge in [0.25, 0.3) is 0 Å². The highest BCUT2D eigenvalue weighted by atomic mass is 16.1. The van der Waals surface area contributed by atoms with Gasteiger partial charge in [-0.15, -0.1) is 0 Å². The van der Waals surface area contributed by atoms with Gasteiger partial charge in [-0.2, -0.15) is 0 Å². The van der Waals surface area contributed by atoms with Crippen LogP contribution in [0, 0.1) is 5.92 Å². The molecule has 90 valence electrons. The van der Waals surface area contributed by atoms with E-state index in [0.29, 0.717) is 23.7 Å². The average Bonchev–Trinajstić information content (AvgIpc) is 2.29. The first-order valence-corrected chi connectivity index (χ1v) is 6.23. The molecule has 0 aromatic heterocycles. The summed E-state index contributed by atoms with van der Waals surface area (Å²) in [4.78, 5) is 23.2. The standard InChI is InChI=1S/C15H18O2/c1-10-4-3-5-14(17)15(10)13-8-6-12(7-9-13)11(2)16/h6-10,15H,3-5H2,1-2H3. The maximum Gasteiger partial charge on any atom is 0.159 e. The van der Waals surface area contributed by atoms with Crippen LogP contribution in [0.5, 0.6) is 0 Å². The van der Waals surface area contributed by atoms with Gasteiger partial charge in [0.1, 0.15) is 5.78 Å². The van der Waals surface area contributed by atoms with Crippen LogP contribution in [-0.2, 0) is 4.79 Å². The molecule has 0 N–H and O–H groups in total. The van der Waals surface area contributed by atoms with Crippen molar-refractivity contribution in [1.29, 1.82) is 0 Å². The van der Waals surface area contributed by atoms with Gasteiger partial charge in [-0.25, -0.2) is 0 Å².